The highest BCUT2D eigenvalue weighted by atomic mass is 16.5. The predicted molar refractivity (Wildman–Crippen MR) is 96.8 cm³/mol. The van der Waals surface area contributed by atoms with Gasteiger partial charge in [-0.3, -0.25) is 4.79 Å². The summed E-state index contributed by atoms with van der Waals surface area (Å²) in [5.74, 6) is 0.965. The minimum absolute atomic E-state index is 0.0685. The van der Waals surface area contributed by atoms with Crippen molar-refractivity contribution in [3.63, 3.8) is 0 Å². The molecule has 6 heteroatoms. The van der Waals surface area contributed by atoms with Crippen molar-refractivity contribution in [1.82, 2.24) is 4.98 Å². The number of rotatable bonds is 8. The van der Waals surface area contributed by atoms with Gasteiger partial charge in [0, 0.05) is 24.7 Å². The maximum Gasteiger partial charge on any atom is 0.230 e. The van der Waals surface area contributed by atoms with Crippen LogP contribution in [0.5, 0.6) is 5.88 Å². The van der Waals surface area contributed by atoms with E-state index in [2.05, 4.69) is 10.3 Å². The number of nitrogens with zero attached hydrogens (tertiary/aromatic N) is 1. The van der Waals surface area contributed by atoms with E-state index >= 15 is 0 Å². The van der Waals surface area contributed by atoms with Gasteiger partial charge in [0.25, 0.3) is 0 Å². The Labute approximate surface area is 150 Å². The molecule has 1 fully saturated rings. The first kappa shape index (κ1) is 19.7. The molecule has 25 heavy (non-hydrogen) atoms. The molecule has 0 aliphatic carbocycles. The van der Waals surface area contributed by atoms with Crippen molar-refractivity contribution < 1.29 is 19.0 Å². The molecule has 0 bridgehead atoms. The van der Waals surface area contributed by atoms with E-state index in [0.717, 1.165) is 38.9 Å². The third-order valence-electron chi connectivity index (χ3n) is 3.91. The van der Waals surface area contributed by atoms with Crippen LogP contribution < -0.4 is 10.1 Å². The van der Waals surface area contributed by atoms with Crippen LogP contribution in [0, 0.1) is 5.41 Å². The van der Waals surface area contributed by atoms with Gasteiger partial charge in [0.1, 0.15) is 5.82 Å². The maximum atomic E-state index is 12.0. The van der Waals surface area contributed by atoms with Crippen LogP contribution in [0.3, 0.4) is 0 Å². The SMILES string of the molecule is CC(C)(C)C(=O)Nc1cccc(OCCCCOC2CCCOC2)n1. The Bertz CT molecular complexity index is 536. The van der Waals surface area contributed by atoms with E-state index in [4.69, 9.17) is 14.2 Å². The van der Waals surface area contributed by atoms with Crippen molar-refractivity contribution in [2.75, 3.05) is 31.7 Å². The summed E-state index contributed by atoms with van der Waals surface area (Å²) < 4.78 is 16.8. The number of hydrogen-bond acceptors (Lipinski definition) is 5. The van der Waals surface area contributed by atoms with Crippen LogP contribution in [-0.4, -0.2) is 43.4 Å². The lowest BCUT2D eigenvalue weighted by molar-refractivity contribution is -0.123. The smallest absolute Gasteiger partial charge is 0.230 e. The molecular weight excluding hydrogens is 320 g/mol. The molecule has 6 nitrogen and oxygen atoms in total. The van der Waals surface area contributed by atoms with Gasteiger partial charge < -0.3 is 19.5 Å². The normalized spacial score (nSPS) is 18.0. The number of anilines is 1. The Kier molecular flexibility index (Phi) is 7.65. The summed E-state index contributed by atoms with van der Waals surface area (Å²) in [7, 11) is 0. The molecule has 2 rings (SSSR count). The number of amides is 1. The Morgan fingerprint density at radius 3 is 2.84 bits per heavy atom. The molecule has 1 aromatic heterocycles. The van der Waals surface area contributed by atoms with Crippen molar-refractivity contribution >= 4 is 11.7 Å². The minimum atomic E-state index is -0.456. The van der Waals surface area contributed by atoms with Crippen molar-refractivity contribution in [2.24, 2.45) is 5.41 Å². The second kappa shape index (κ2) is 9.73. The van der Waals surface area contributed by atoms with Gasteiger partial charge in [-0.15, -0.1) is 0 Å². The standard InChI is InChI=1S/C19H30N2O4/c1-19(2,3)18(22)21-16-9-6-10-17(20-16)25-13-5-4-12-24-15-8-7-11-23-14-15/h6,9-10,15H,4-5,7-8,11-14H2,1-3H3,(H,20,21,22). The van der Waals surface area contributed by atoms with E-state index in [1.54, 1.807) is 12.1 Å². The fourth-order valence-corrected chi connectivity index (χ4v) is 2.34. The fourth-order valence-electron chi connectivity index (χ4n) is 2.34. The van der Waals surface area contributed by atoms with Crippen molar-refractivity contribution in [1.29, 1.82) is 0 Å². The summed E-state index contributed by atoms with van der Waals surface area (Å²) in [5.41, 5.74) is -0.456. The molecule has 0 spiro atoms. The number of pyridine rings is 1. The van der Waals surface area contributed by atoms with Gasteiger partial charge in [-0.25, -0.2) is 0 Å². The molecule has 1 aliphatic rings. The van der Waals surface area contributed by atoms with Crippen molar-refractivity contribution in [2.45, 2.75) is 52.6 Å². The molecule has 1 aromatic rings. The van der Waals surface area contributed by atoms with Crippen molar-refractivity contribution in [3.8, 4) is 5.88 Å². The van der Waals surface area contributed by atoms with Crippen molar-refractivity contribution in [3.05, 3.63) is 18.2 Å². The second-order valence-corrected chi connectivity index (χ2v) is 7.33. The predicted octanol–water partition coefficient (Wildman–Crippen LogP) is 3.42. The van der Waals surface area contributed by atoms with E-state index < -0.39 is 5.41 Å². The van der Waals surface area contributed by atoms with Crippen LogP contribution in [0.15, 0.2) is 18.2 Å². The molecule has 1 unspecified atom stereocenters. The Balaban J connectivity index is 1.63. The number of aromatic nitrogens is 1. The van der Waals surface area contributed by atoms with Crippen LogP contribution in [0.1, 0.15) is 46.5 Å². The lowest BCUT2D eigenvalue weighted by Crippen LogP contribution is -2.28. The first-order valence-electron chi connectivity index (χ1n) is 9.06. The lowest BCUT2D eigenvalue weighted by Gasteiger charge is -2.22. The minimum Gasteiger partial charge on any atom is -0.478 e. The molecule has 0 saturated carbocycles. The summed E-state index contributed by atoms with van der Waals surface area (Å²) in [5, 5.41) is 2.81. The molecule has 1 atom stereocenters. The van der Waals surface area contributed by atoms with E-state index in [1.807, 2.05) is 26.8 Å². The molecule has 1 aliphatic heterocycles. The summed E-state index contributed by atoms with van der Waals surface area (Å²) >= 11 is 0. The van der Waals surface area contributed by atoms with Crippen LogP contribution >= 0.6 is 0 Å². The first-order chi connectivity index (χ1) is 11.9. The van der Waals surface area contributed by atoms with Crippen LogP contribution in [0.4, 0.5) is 5.82 Å². The third kappa shape index (κ3) is 7.40. The summed E-state index contributed by atoms with van der Waals surface area (Å²) in [6.45, 7) is 8.47. The molecule has 140 valence electrons. The Morgan fingerprint density at radius 2 is 2.12 bits per heavy atom. The monoisotopic (exact) mass is 350 g/mol. The van der Waals surface area contributed by atoms with Gasteiger partial charge in [-0.05, 0) is 31.7 Å². The van der Waals surface area contributed by atoms with Crippen LogP contribution in [0.25, 0.3) is 0 Å². The number of carbonyl (C=O) groups excluding carboxylic acids is 1. The van der Waals surface area contributed by atoms with Gasteiger partial charge in [-0.1, -0.05) is 26.8 Å². The highest BCUT2D eigenvalue weighted by Crippen LogP contribution is 2.18. The van der Waals surface area contributed by atoms with Gasteiger partial charge in [0.2, 0.25) is 11.8 Å². The highest BCUT2D eigenvalue weighted by molar-refractivity contribution is 5.93. The maximum absolute atomic E-state index is 12.0. The van der Waals surface area contributed by atoms with Gasteiger partial charge in [-0.2, -0.15) is 4.98 Å². The molecule has 1 N–H and O–H groups in total. The average molecular weight is 350 g/mol. The van der Waals surface area contributed by atoms with Gasteiger partial charge in [0.15, 0.2) is 0 Å². The summed E-state index contributed by atoms with van der Waals surface area (Å²) in [6.07, 6.45) is 4.26. The number of nitrogens with one attached hydrogen (secondary N) is 1. The third-order valence-corrected chi connectivity index (χ3v) is 3.91. The molecule has 0 aromatic carbocycles. The highest BCUT2D eigenvalue weighted by Gasteiger charge is 2.21. The molecule has 1 saturated heterocycles. The fraction of sp³-hybridized carbons (Fsp3) is 0.684. The van der Waals surface area contributed by atoms with E-state index in [-0.39, 0.29) is 12.0 Å². The summed E-state index contributed by atoms with van der Waals surface area (Å²) in [6, 6.07) is 5.38. The lowest BCUT2D eigenvalue weighted by atomic mass is 9.96. The zero-order valence-electron chi connectivity index (χ0n) is 15.5. The zero-order chi connectivity index (χ0) is 18.1. The van der Waals surface area contributed by atoms with Gasteiger partial charge in [0.05, 0.1) is 19.3 Å². The number of carbonyl (C=O) groups is 1. The van der Waals surface area contributed by atoms with Gasteiger partial charge >= 0.3 is 0 Å². The summed E-state index contributed by atoms with van der Waals surface area (Å²) in [4.78, 5) is 16.3. The number of hydrogen-bond donors (Lipinski definition) is 1. The van der Waals surface area contributed by atoms with Crippen LogP contribution in [0.2, 0.25) is 0 Å². The van der Waals surface area contributed by atoms with Crippen LogP contribution in [-0.2, 0) is 14.3 Å². The first-order valence-corrected chi connectivity index (χ1v) is 9.06. The largest absolute Gasteiger partial charge is 0.478 e. The molecule has 2 heterocycles. The molecule has 1 amide bonds. The Morgan fingerprint density at radius 1 is 1.32 bits per heavy atom. The number of unbranched alkanes of at least 4 members (excludes halogenated alkanes) is 1. The average Bonchev–Trinajstić information content (AvgIpc) is 2.58. The molecule has 0 radical (unpaired) electrons. The quantitative estimate of drug-likeness (QED) is 0.728. The molecular formula is C19H30N2O4. The Hall–Kier alpha value is -1.66. The number of ether oxygens (including phenoxy) is 3. The topological polar surface area (TPSA) is 69.7 Å². The zero-order valence-corrected chi connectivity index (χ0v) is 15.5. The van der Waals surface area contributed by atoms with E-state index in [9.17, 15) is 4.79 Å². The van der Waals surface area contributed by atoms with E-state index in [0.29, 0.717) is 24.9 Å². The second-order valence-electron chi connectivity index (χ2n) is 7.33. The van der Waals surface area contributed by atoms with E-state index in [1.165, 1.54) is 0 Å².